The molecule has 0 saturated heterocycles. The molecule has 0 aromatic heterocycles. The van der Waals surface area contributed by atoms with Crippen LogP contribution in [0.3, 0.4) is 0 Å². The molecule has 0 bridgehead atoms. The van der Waals surface area contributed by atoms with Crippen molar-refractivity contribution in [1.29, 1.82) is 0 Å². The van der Waals surface area contributed by atoms with Gasteiger partial charge in [-0.1, -0.05) is 35.3 Å². The smallest absolute Gasteiger partial charge is 0.265 e. The highest BCUT2D eigenvalue weighted by Gasteiger charge is 2.23. The Kier molecular flexibility index (Phi) is 5.05. The molecule has 0 atom stereocenters. The van der Waals surface area contributed by atoms with E-state index in [1.807, 2.05) is 0 Å². The molecule has 0 aliphatic rings. The number of halogens is 2. The van der Waals surface area contributed by atoms with Gasteiger partial charge in [0.1, 0.15) is 16.4 Å². The summed E-state index contributed by atoms with van der Waals surface area (Å²) in [5.41, 5.74) is 0.264. The molecule has 2 aromatic carbocycles. The van der Waals surface area contributed by atoms with Gasteiger partial charge in [-0.3, -0.25) is 4.72 Å². The fraction of sp³-hybridized carbons (Fsp3) is 0.143. The van der Waals surface area contributed by atoms with Crippen LogP contribution in [0.2, 0.25) is 10.0 Å². The lowest BCUT2D eigenvalue weighted by molar-refractivity contribution is 0.392. The fourth-order valence-corrected chi connectivity index (χ4v) is 3.50. The van der Waals surface area contributed by atoms with Gasteiger partial charge in [-0.2, -0.15) is 0 Å². The van der Waals surface area contributed by atoms with E-state index in [2.05, 4.69) is 4.72 Å². The van der Waals surface area contributed by atoms with Gasteiger partial charge in [0.15, 0.2) is 0 Å². The molecule has 0 aliphatic carbocycles. The van der Waals surface area contributed by atoms with Gasteiger partial charge < -0.3 is 9.47 Å². The van der Waals surface area contributed by atoms with E-state index in [-0.39, 0.29) is 32.1 Å². The van der Waals surface area contributed by atoms with E-state index < -0.39 is 10.0 Å². The molecule has 2 rings (SSSR count). The molecule has 8 heteroatoms. The van der Waals surface area contributed by atoms with Crippen LogP contribution >= 0.6 is 23.2 Å². The molecule has 2 aromatic rings. The number of hydrogen-bond acceptors (Lipinski definition) is 4. The predicted octanol–water partition coefficient (Wildman–Crippen LogP) is 3.81. The van der Waals surface area contributed by atoms with Crippen LogP contribution in [-0.2, 0) is 10.0 Å². The van der Waals surface area contributed by atoms with Crippen LogP contribution in [0.15, 0.2) is 41.3 Å². The summed E-state index contributed by atoms with van der Waals surface area (Å²) in [6.45, 7) is 0. The van der Waals surface area contributed by atoms with Crippen LogP contribution in [0, 0.1) is 0 Å². The highest BCUT2D eigenvalue weighted by molar-refractivity contribution is 7.92. The molecule has 0 amide bonds. The number of hydrogen-bond donors (Lipinski definition) is 1. The van der Waals surface area contributed by atoms with Gasteiger partial charge in [0.2, 0.25) is 0 Å². The van der Waals surface area contributed by atoms with Crippen LogP contribution in [0.5, 0.6) is 11.5 Å². The fourth-order valence-electron chi connectivity index (χ4n) is 1.79. The third-order valence-electron chi connectivity index (χ3n) is 2.85. The van der Waals surface area contributed by atoms with Crippen molar-refractivity contribution >= 4 is 38.9 Å². The minimum absolute atomic E-state index is 0.101. The molecule has 22 heavy (non-hydrogen) atoms. The number of benzene rings is 2. The summed E-state index contributed by atoms with van der Waals surface area (Å²) in [6, 6.07) is 9.18. The Morgan fingerprint density at radius 3 is 2.18 bits per heavy atom. The second-order valence-electron chi connectivity index (χ2n) is 4.22. The van der Waals surface area contributed by atoms with Gasteiger partial charge >= 0.3 is 0 Å². The summed E-state index contributed by atoms with van der Waals surface area (Å²) >= 11 is 11.9. The van der Waals surface area contributed by atoms with E-state index in [1.54, 1.807) is 24.3 Å². The molecule has 0 fully saturated rings. The third-order valence-corrected chi connectivity index (χ3v) is 4.86. The minimum atomic E-state index is -3.93. The average molecular weight is 362 g/mol. The van der Waals surface area contributed by atoms with E-state index in [1.165, 1.54) is 26.4 Å². The van der Waals surface area contributed by atoms with Crippen molar-refractivity contribution < 1.29 is 17.9 Å². The molecule has 5 nitrogen and oxygen atoms in total. The zero-order chi connectivity index (χ0) is 16.3. The van der Waals surface area contributed by atoms with Gasteiger partial charge in [-0.25, -0.2) is 8.42 Å². The van der Waals surface area contributed by atoms with Gasteiger partial charge in [-0.05, 0) is 12.1 Å². The Morgan fingerprint density at radius 2 is 1.59 bits per heavy atom. The molecule has 118 valence electrons. The largest absolute Gasteiger partial charge is 0.495 e. The second-order valence-corrected chi connectivity index (χ2v) is 6.69. The van der Waals surface area contributed by atoms with Gasteiger partial charge in [0.25, 0.3) is 10.0 Å². The van der Waals surface area contributed by atoms with Crippen molar-refractivity contribution in [3.63, 3.8) is 0 Å². The molecule has 0 saturated carbocycles. The van der Waals surface area contributed by atoms with Gasteiger partial charge in [0, 0.05) is 12.1 Å². The first-order valence-corrected chi connectivity index (χ1v) is 8.32. The van der Waals surface area contributed by atoms with Crippen LogP contribution < -0.4 is 14.2 Å². The summed E-state index contributed by atoms with van der Waals surface area (Å²) in [7, 11) is -1.18. The standard InChI is InChI=1S/C14H13Cl2NO4S/c1-20-12-8-14(13(21-2)7-10(12)16)22(18,19)17-11-6-4-3-5-9(11)15/h3-8,17H,1-2H3. The molecule has 0 unspecified atom stereocenters. The number of ether oxygens (including phenoxy) is 2. The van der Waals surface area contributed by atoms with Crippen molar-refractivity contribution in [2.24, 2.45) is 0 Å². The number of sulfonamides is 1. The summed E-state index contributed by atoms with van der Waals surface area (Å²) in [6.07, 6.45) is 0. The average Bonchev–Trinajstić information content (AvgIpc) is 2.48. The number of para-hydroxylation sites is 1. The number of methoxy groups -OCH3 is 2. The molecular formula is C14H13Cl2NO4S. The van der Waals surface area contributed by atoms with E-state index in [4.69, 9.17) is 32.7 Å². The summed E-state index contributed by atoms with van der Waals surface area (Å²) in [4.78, 5) is -0.101. The SMILES string of the molecule is COc1cc(S(=O)(=O)Nc2ccccc2Cl)c(OC)cc1Cl. The van der Waals surface area contributed by atoms with E-state index >= 15 is 0 Å². The first kappa shape index (κ1) is 16.7. The highest BCUT2D eigenvalue weighted by atomic mass is 35.5. The van der Waals surface area contributed by atoms with E-state index in [9.17, 15) is 8.42 Å². The number of anilines is 1. The quantitative estimate of drug-likeness (QED) is 0.879. The second kappa shape index (κ2) is 6.64. The van der Waals surface area contributed by atoms with Gasteiger partial charge in [0.05, 0.1) is 30.0 Å². The topological polar surface area (TPSA) is 64.6 Å². The van der Waals surface area contributed by atoms with Gasteiger partial charge in [-0.15, -0.1) is 0 Å². The zero-order valence-electron chi connectivity index (χ0n) is 11.8. The van der Waals surface area contributed by atoms with Crippen molar-refractivity contribution in [2.75, 3.05) is 18.9 Å². The van der Waals surface area contributed by atoms with E-state index in [0.29, 0.717) is 0 Å². The monoisotopic (exact) mass is 361 g/mol. The molecular weight excluding hydrogens is 349 g/mol. The minimum Gasteiger partial charge on any atom is -0.495 e. The van der Waals surface area contributed by atoms with Crippen molar-refractivity contribution in [3.05, 3.63) is 46.4 Å². The Hall–Kier alpha value is -1.63. The molecule has 0 spiro atoms. The van der Waals surface area contributed by atoms with Crippen molar-refractivity contribution in [2.45, 2.75) is 4.90 Å². The number of rotatable bonds is 5. The lowest BCUT2D eigenvalue weighted by Crippen LogP contribution is -2.14. The first-order valence-electron chi connectivity index (χ1n) is 6.08. The Labute approximate surface area is 138 Å². The Bertz CT molecular complexity index is 793. The lowest BCUT2D eigenvalue weighted by Gasteiger charge is -2.14. The summed E-state index contributed by atoms with van der Waals surface area (Å²) in [5, 5.41) is 0.530. The Morgan fingerprint density at radius 1 is 0.955 bits per heavy atom. The van der Waals surface area contributed by atoms with Crippen molar-refractivity contribution in [3.8, 4) is 11.5 Å². The highest BCUT2D eigenvalue weighted by Crippen LogP contribution is 2.36. The Balaban J connectivity index is 2.51. The van der Waals surface area contributed by atoms with Crippen LogP contribution in [-0.4, -0.2) is 22.6 Å². The lowest BCUT2D eigenvalue weighted by atomic mass is 10.3. The van der Waals surface area contributed by atoms with Crippen LogP contribution in [0.1, 0.15) is 0 Å². The first-order chi connectivity index (χ1) is 10.4. The van der Waals surface area contributed by atoms with Crippen LogP contribution in [0.25, 0.3) is 0 Å². The van der Waals surface area contributed by atoms with E-state index in [0.717, 1.165) is 0 Å². The third kappa shape index (κ3) is 3.40. The summed E-state index contributed by atoms with van der Waals surface area (Å²) < 4.78 is 37.7. The maximum Gasteiger partial charge on any atom is 0.265 e. The molecule has 0 aliphatic heterocycles. The maximum atomic E-state index is 12.6. The summed E-state index contributed by atoms with van der Waals surface area (Å²) in [5.74, 6) is 0.326. The van der Waals surface area contributed by atoms with Crippen LogP contribution in [0.4, 0.5) is 5.69 Å². The molecule has 0 radical (unpaired) electrons. The normalized spacial score (nSPS) is 11.1. The molecule has 0 heterocycles. The number of nitrogens with one attached hydrogen (secondary N) is 1. The van der Waals surface area contributed by atoms with Crippen molar-refractivity contribution in [1.82, 2.24) is 0 Å². The predicted molar refractivity (Wildman–Crippen MR) is 86.8 cm³/mol. The maximum absolute atomic E-state index is 12.6. The zero-order valence-corrected chi connectivity index (χ0v) is 14.1. The molecule has 1 N–H and O–H groups in total.